The van der Waals surface area contributed by atoms with E-state index in [1.54, 1.807) is 6.20 Å². The molecule has 0 fully saturated rings. The second-order valence-corrected chi connectivity index (χ2v) is 4.28. The highest BCUT2D eigenvalue weighted by atomic mass is 15.3. The molecule has 0 aliphatic carbocycles. The maximum atomic E-state index is 5.91. The number of nitrogens with two attached hydrogens (primary N) is 1. The summed E-state index contributed by atoms with van der Waals surface area (Å²) < 4.78 is 2.03. The molecular weight excluding hydrogens is 224 g/mol. The molecule has 0 saturated carbocycles. The van der Waals surface area contributed by atoms with Crippen LogP contribution in [-0.4, -0.2) is 21.3 Å². The molecule has 0 bridgehead atoms. The van der Waals surface area contributed by atoms with Crippen LogP contribution in [0.25, 0.3) is 0 Å². The molecule has 2 rings (SSSR count). The smallest absolute Gasteiger partial charge is 0.106 e. The van der Waals surface area contributed by atoms with Crippen LogP contribution in [0.2, 0.25) is 0 Å². The van der Waals surface area contributed by atoms with Crippen molar-refractivity contribution in [3.8, 4) is 0 Å². The van der Waals surface area contributed by atoms with Crippen molar-refractivity contribution in [1.82, 2.24) is 14.8 Å². The highest BCUT2D eigenvalue weighted by molar-refractivity contribution is 5.17. The number of nitrogens with zero attached hydrogens (tertiary/aromatic N) is 3. The molecule has 0 radical (unpaired) electrons. The molecule has 0 spiro atoms. The van der Waals surface area contributed by atoms with Crippen molar-refractivity contribution >= 4 is 0 Å². The van der Waals surface area contributed by atoms with Gasteiger partial charge in [-0.3, -0.25) is 9.67 Å². The van der Waals surface area contributed by atoms with Gasteiger partial charge in [0.1, 0.15) is 6.04 Å². The standard InChI is InChI=1S/C14H20N4/c1-3-11-9-12(4-2)18(17-11)14(10-15)13-7-5-6-8-16-13/h5-9,14H,3-4,10,15H2,1-2H3. The van der Waals surface area contributed by atoms with Crippen LogP contribution in [0, 0.1) is 0 Å². The van der Waals surface area contributed by atoms with Gasteiger partial charge in [-0.15, -0.1) is 0 Å². The van der Waals surface area contributed by atoms with Gasteiger partial charge in [0.2, 0.25) is 0 Å². The SMILES string of the molecule is CCc1cc(CC)n(C(CN)c2ccccn2)n1. The Balaban J connectivity index is 2.41. The Morgan fingerprint density at radius 3 is 2.67 bits per heavy atom. The molecular formula is C14H20N4. The summed E-state index contributed by atoms with van der Waals surface area (Å²) in [5.41, 5.74) is 9.21. The van der Waals surface area contributed by atoms with E-state index >= 15 is 0 Å². The van der Waals surface area contributed by atoms with E-state index in [9.17, 15) is 0 Å². The van der Waals surface area contributed by atoms with Gasteiger partial charge < -0.3 is 5.73 Å². The Labute approximate surface area is 108 Å². The zero-order valence-corrected chi connectivity index (χ0v) is 11.0. The molecule has 2 aromatic rings. The number of hydrogen-bond donors (Lipinski definition) is 1. The summed E-state index contributed by atoms with van der Waals surface area (Å²) >= 11 is 0. The minimum atomic E-state index is 0.0291. The van der Waals surface area contributed by atoms with Crippen LogP contribution in [0.15, 0.2) is 30.5 Å². The number of pyridine rings is 1. The van der Waals surface area contributed by atoms with Crippen LogP contribution in [0.1, 0.15) is 37.0 Å². The summed E-state index contributed by atoms with van der Waals surface area (Å²) in [6.45, 7) is 4.76. The molecule has 0 aliphatic heterocycles. The van der Waals surface area contributed by atoms with E-state index in [2.05, 4.69) is 30.0 Å². The van der Waals surface area contributed by atoms with E-state index < -0.39 is 0 Å². The topological polar surface area (TPSA) is 56.7 Å². The minimum Gasteiger partial charge on any atom is -0.328 e. The molecule has 0 aromatic carbocycles. The predicted octanol–water partition coefficient (Wildman–Crippen LogP) is 1.95. The Hall–Kier alpha value is -1.68. The van der Waals surface area contributed by atoms with E-state index in [0.717, 1.165) is 24.2 Å². The van der Waals surface area contributed by atoms with Gasteiger partial charge in [0, 0.05) is 18.4 Å². The largest absolute Gasteiger partial charge is 0.328 e. The molecule has 4 heteroatoms. The fourth-order valence-corrected chi connectivity index (χ4v) is 2.12. The third-order valence-electron chi connectivity index (χ3n) is 3.14. The molecule has 0 amide bonds. The van der Waals surface area contributed by atoms with Crippen molar-refractivity contribution in [2.75, 3.05) is 6.54 Å². The van der Waals surface area contributed by atoms with E-state index in [1.165, 1.54) is 5.69 Å². The van der Waals surface area contributed by atoms with Gasteiger partial charge in [-0.25, -0.2) is 0 Å². The van der Waals surface area contributed by atoms with Gasteiger partial charge in [-0.1, -0.05) is 19.9 Å². The second kappa shape index (κ2) is 5.78. The maximum absolute atomic E-state index is 5.91. The fourth-order valence-electron chi connectivity index (χ4n) is 2.12. The lowest BCUT2D eigenvalue weighted by Gasteiger charge is -2.17. The van der Waals surface area contributed by atoms with E-state index in [1.807, 2.05) is 22.9 Å². The molecule has 1 unspecified atom stereocenters. The predicted molar refractivity (Wildman–Crippen MR) is 72.4 cm³/mol. The summed E-state index contributed by atoms with van der Waals surface area (Å²) in [4.78, 5) is 4.40. The zero-order valence-electron chi connectivity index (χ0n) is 11.0. The molecule has 0 aliphatic rings. The molecule has 0 saturated heterocycles. The first-order valence-electron chi connectivity index (χ1n) is 6.48. The van der Waals surface area contributed by atoms with Crippen LogP contribution in [-0.2, 0) is 12.8 Å². The van der Waals surface area contributed by atoms with Crippen LogP contribution >= 0.6 is 0 Å². The average molecular weight is 244 g/mol. The van der Waals surface area contributed by atoms with Gasteiger partial charge in [0.05, 0.1) is 11.4 Å². The lowest BCUT2D eigenvalue weighted by Crippen LogP contribution is -2.24. The van der Waals surface area contributed by atoms with Crippen molar-refractivity contribution < 1.29 is 0 Å². The molecule has 1 atom stereocenters. The Morgan fingerprint density at radius 2 is 2.11 bits per heavy atom. The normalized spacial score (nSPS) is 12.6. The summed E-state index contributed by atoms with van der Waals surface area (Å²) in [5.74, 6) is 0. The van der Waals surface area contributed by atoms with Crippen molar-refractivity contribution in [2.45, 2.75) is 32.7 Å². The van der Waals surface area contributed by atoms with Crippen molar-refractivity contribution in [2.24, 2.45) is 5.73 Å². The monoisotopic (exact) mass is 244 g/mol. The third kappa shape index (κ3) is 2.43. The summed E-state index contributed by atoms with van der Waals surface area (Å²) in [5, 5.41) is 4.64. The van der Waals surface area contributed by atoms with Crippen LogP contribution in [0.3, 0.4) is 0 Å². The van der Waals surface area contributed by atoms with Gasteiger partial charge in [-0.2, -0.15) is 5.10 Å². The van der Waals surface area contributed by atoms with E-state index in [-0.39, 0.29) is 6.04 Å². The van der Waals surface area contributed by atoms with E-state index in [4.69, 9.17) is 5.73 Å². The molecule has 4 nitrogen and oxygen atoms in total. The van der Waals surface area contributed by atoms with Crippen molar-refractivity contribution in [1.29, 1.82) is 0 Å². The maximum Gasteiger partial charge on any atom is 0.106 e. The Bertz CT molecular complexity index is 490. The molecule has 96 valence electrons. The number of aryl methyl sites for hydroxylation is 2. The van der Waals surface area contributed by atoms with Crippen molar-refractivity contribution in [3.63, 3.8) is 0 Å². The second-order valence-electron chi connectivity index (χ2n) is 4.28. The third-order valence-corrected chi connectivity index (χ3v) is 3.14. The molecule has 18 heavy (non-hydrogen) atoms. The van der Waals surface area contributed by atoms with Crippen LogP contribution in [0.4, 0.5) is 0 Å². The van der Waals surface area contributed by atoms with Gasteiger partial charge in [0.15, 0.2) is 0 Å². The highest BCUT2D eigenvalue weighted by Crippen LogP contribution is 2.18. The molecule has 2 N–H and O–H groups in total. The lowest BCUT2D eigenvalue weighted by atomic mass is 10.1. The summed E-state index contributed by atoms with van der Waals surface area (Å²) in [6, 6.07) is 8.09. The highest BCUT2D eigenvalue weighted by Gasteiger charge is 2.17. The average Bonchev–Trinajstić information content (AvgIpc) is 2.84. The number of aromatic nitrogens is 3. The quantitative estimate of drug-likeness (QED) is 0.874. The minimum absolute atomic E-state index is 0.0291. The van der Waals surface area contributed by atoms with Crippen LogP contribution in [0.5, 0.6) is 0 Å². The van der Waals surface area contributed by atoms with Gasteiger partial charge in [-0.05, 0) is 31.0 Å². The Kier molecular flexibility index (Phi) is 4.10. The van der Waals surface area contributed by atoms with E-state index in [0.29, 0.717) is 6.54 Å². The first-order valence-corrected chi connectivity index (χ1v) is 6.48. The molecule has 2 aromatic heterocycles. The van der Waals surface area contributed by atoms with Crippen molar-refractivity contribution in [3.05, 3.63) is 47.5 Å². The first kappa shape index (κ1) is 12.8. The number of hydrogen-bond acceptors (Lipinski definition) is 3. The molecule has 2 heterocycles. The van der Waals surface area contributed by atoms with Gasteiger partial charge >= 0.3 is 0 Å². The fraction of sp³-hybridized carbons (Fsp3) is 0.429. The number of rotatable bonds is 5. The zero-order chi connectivity index (χ0) is 13.0. The van der Waals surface area contributed by atoms with Gasteiger partial charge in [0.25, 0.3) is 0 Å². The lowest BCUT2D eigenvalue weighted by molar-refractivity contribution is 0.497. The summed E-state index contributed by atoms with van der Waals surface area (Å²) in [6.07, 6.45) is 3.70. The summed E-state index contributed by atoms with van der Waals surface area (Å²) in [7, 11) is 0. The Morgan fingerprint density at radius 1 is 1.28 bits per heavy atom. The van der Waals surface area contributed by atoms with Crippen LogP contribution < -0.4 is 5.73 Å². The first-order chi connectivity index (χ1) is 8.80.